The third-order valence-electron chi connectivity index (χ3n) is 3.87. The third kappa shape index (κ3) is 2.11. The first-order chi connectivity index (χ1) is 10.8. The highest BCUT2D eigenvalue weighted by molar-refractivity contribution is 7.18. The lowest BCUT2D eigenvalue weighted by Gasteiger charge is -2.07. The van der Waals surface area contributed by atoms with Gasteiger partial charge >= 0.3 is 0 Å². The zero-order chi connectivity index (χ0) is 14.9. The molecule has 0 saturated heterocycles. The number of aromatic nitrogens is 2. The van der Waals surface area contributed by atoms with Crippen molar-refractivity contribution in [1.82, 2.24) is 9.97 Å². The number of rotatable bonds is 2. The van der Waals surface area contributed by atoms with Crippen LogP contribution in [0, 0.1) is 6.92 Å². The Morgan fingerprint density at radius 2 is 1.82 bits per heavy atom. The Hall–Kier alpha value is -2.52. The molecule has 106 valence electrons. The molecule has 0 N–H and O–H groups in total. The first kappa shape index (κ1) is 13.2. The van der Waals surface area contributed by atoms with Crippen LogP contribution in [0.5, 0.6) is 0 Å². The molecule has 0 bridgehead atoms. The predicted octanol–water partition coefficient (Wildman–Crippen LogP) is 5.33. The van der Waals surface area contributed by atoms with E-state index in [1.165, 1.54) is 32.3 Å². The molecule has 0 aliphatic carbocycles. The number of hydrogen-bond donors (Lipinski definition) is 0. The van der Waals surface area contributed by atoms with Crippen LogP contribution in [-0.2, 0) is 0 Å². The van der Waals surface area contributed by atoms with Gasteiger partial charge in [-0.15, -0.1) is 11.3 Å². The van der Waals surface area contributed by atoms with Crippen molar-refractivity contribution in [1.29, 1.82) is 0 Å². The van der Waals surface area contributed by atoms with E-state index in [1.807, 2.05) is 30.7 Å². The normalized spacial score (nSPS) is 11.0. The Balaban J connectivity index is 1.97. The largest absolute Gasteiger partial charge is 0.264 e. The van der Waals surface area contributed by atoms with E-state index in [1.54, 1.807) is 11.3 Å². The van der Waals surface area contributed by atoms with Gasteiger partial charge < -0.3 is 0 Å². The average Bonchev–Trinajstić information content (AvgIpc) is 3.00. The van der Waals surface area contributed by atoms with Gasteiger partial charge in [0.05, 0.1) is 5.69 Å². The molecule has 22 heavy (non-hydrogen) atoms. The highest BCUT2D eigenvalue weighted by Gasteiger charge is 2.12. The molecule has 0 amide bonds. The summed E-state index contributed by atoms with van der Waals surface area (Å²) < 4.78 is 1.29. The molecule has 4 rings (SSSR count). The van der Waals surface area contributed by atoms with Gasteiger partial charge in [-0.1, -0.05) is 24.3 Å². The van der Waals surface area contributed by atoms with E-state index in [2.05, 4.69) is 52.6 Å². The number of nitrogens with zero attached hydrogens (tertiary/aromatic N) is 2. The maximum atomic E-state index is 4.49. The van der Waals surface area contributed by atoms with E-state index in [9.17, 15) is 0 Å². The molecule has 1 aromatic carbocycles. The van der Waals surface area contributed by atoms with Crippen molar-refractivity contribution >= 4 is 21.4 Å². The van der Waals surface area contributed by atoms with Crippen molar-refractivity contribution in [3.8, 4) is 22.4 Å². The molecule has 0 spiro atoms. The van der Waals surface area contributed by atoms with Gasteiger partial charge in [0, 0.05) is 50.7 Å². The molecule has 0 aliphatic heterocycles. The summed E-state index contributed by atoms with van der Waals surface area (Å²) in [6, 6.07) is 14.5. The Bertz CT molecular complexity index is 942. The molecular formula is C19H14N2S. The SMILES string of the molecule is Cc1ccncc1-c1cccc2c(-c3ccccn3)csc12. The van der Waals surface area contributed by atoms with Crippen LogP contribution in [0.15, 0.2) is 66.4 Å². The van der Waals surface area contributed by atoms with Crippen LogP contribution in [0.25, 0.3) is 32.5 Å². The van der Waals surface area contributed by atoms with Crippen LogP contribution in [0.1, 0.15) is 5.56 Å². The summed E-state index contributed by atoms with van der Waals surface area (Å²) in [5.74, 6) is 0. The summed E-state index contributed by atoms with van der Waals surface area (Å²) in [4.78, 5) is 8.77. The Labute approximate surface area is 133 Å². The number of fused-ring (bicyclic) bond motifs is 1. The van der Waals surface area contributed by atoms with Crippen molar-refractivity contribution in [2.75, 3.05) is 0 Å². The summed E-state index contributed by atoms with van der Waals surface area (Å²) in [5.41, 5.74) is 5.91. The summed E-state index contributed by atoms with van der Waals surface area (Å²) in [6.45, 7) is 2.13. The topological polar surface area (TPSA) is 25.8 Å². The van der Waals surface area contributed by atoms with Crippen molar-refractivity contribution < 1.29 is 0 Å². The number of benzene rings is 1. The predicted molar refractivity (Wildman–Crippen MR) is 93.0 cm³/mol. The van der Waals surface area contributed by atoms with Crippen LogP contribution in [0.4, 0.5) is 0 Å². The number of aryl methyl sites for hydroxylation is 1. The summed E-state index contributed by atoms with van der Waals surface area (Å²) in [7, 11) is 0. The van der Waals surface area contributed by atoms with E-state index in [4.69, 9.17) is 0 Å². The maximum Gasteiger partial charge on any atom is 0.0716 e. The first-order valence-corrected chi connectivity index (χ1v) is 8.05. The minimum absolute atomic E-state index is 1.02. The van der Waals surface area contributed by atoms with Crippen molar-refractivity contribution in [3.63, 3.8) is 0 Å². The fourth-order valence-electron chi connectivity index (χ4n) is 2.74. The minimum atomic E-state index is 1.02. The highest BCUT2D eigenvalue weighted by atomic mass is 32.1. The van der Waals surface area contributed by atoms with Crippen molar-refractivity contribution in [2.45, 2.75) is 6.92 Å². The first-order valence-electron chi connectivity index (χ1n) is 7.17. The van der Waals surface area contributed by atoms with Gasteiger partial charge in [-0.3, -0.25) is 9.97 Å². The summed E-state index contributed by atoms with van der Waals surface area (Å²) in [5, 5.41) is 3.45. The lowest BCUT2D eigenvalue weighted by atomic mass is 10.00. The number of thiophene rings is 1. The van der Waals surface area contributed by atoms with Crippen LogP contribution in [0.3, 0.4) is 0 Å². The lowest BCUT2D eigenvalue weighted by molar-refractivity contribution is 1.29. The molecule has 0 unspecified atom stereocenters. The smallest absolute Gasteiger partial charge is 0.0716 e. The van der Waals surface area contributed by atoms with Crippen LogP contribution < -0.4 is 0 Å². The zero-order valence-corrected chi connectivity index (χ0v) is 13.0. The average molecular weight is 302 g/mol. The minimum Gasteiger partial charge on any atom is -0.264 e. The summed E-state index contributed by atoms with van der Waals surface area (Å²) in [6.07, 6.45) is 5.63. The Morgan fingerprint density at radius 3 is 2.64 bits per heavy atom. The molecule has 3 aromatic heterocycles. The van der Waals surface area contributed by atoms with Gasteiger partial charge in [-0.05, 0) is 30.7 Å². The lowest BCUT2D eigenvalue weighted by Crippen LogP contribution is -1.85. The standard InChI is InChI=1S/C19H14N2S/c1-13-8-10-20-11-16(13)14-5-4-6-15-17(12-22-19(14)15)18-7-2-3-9-21-18/h2-12H,1H3. The number of hydrogen-bond acceptors (Lipinski definition) is 3. The van der Waals surface area contributed by atoms with E-state index in [0.29, 0.717) is 0 Å². The van der Waals surface area contributed by atoms with E-state index >= 15 is 0 Å². The molecule has 0 aliphatic rings. The third-order valence-corrected chi connectivity index (χ3v) is 4.90. The fraction of sp³-hybridized carbons (Fsp3) is 0.0526. The van der Waals surface area contributed by atoms with E-state index < -0.39 is 0 Å². The quantitative estimate of drug-likeness (QED) is 0.500. The van der Waals surface area contributed by atoms with Crippen LogP contribution >= 0.6 is 11.3 Å². The van der Waals surface area contributed by atoms with E-state index in [0.717, 1.165) is 5.69 Å². The van der Waals surface area contributed by atoms with Crippen LogP contribution in [0.2, 0.25) is 0 Å². The fourth-order valence-corrected chi connectivity index (χ4v) is 3.83. The van der Waals surface area contributed by atoms with Gasteiger partial charge in [-0.2, -0.15) is 0 Å². The van der Waals surface area contributed by atoms with E-state index in [-0.39, 0.29) is 0 Å². The van der Waals surface area contributed by atoms with Crippen LogP contribution in [-0.4, -0.2) is 9.97 Å². The van der Waals surface area contributed by atoms with Gasteiger partial charge in [0.2, 0.25) is 0 Å². The molecule has 0 saturated carbocycles. The zero-order valence-electron chi connectivity index (χ0n) is 12.2. The second-order valence-corrected chi connectivity index (χ2v) is 6.12. The second kappa shape index (κ2) is 5.35. The molecule has 0 fully saturated rings. The molecule has 4 aromatic rings. The van der Waals surface area contributed by atoms with Gasteiger partial charge in [0.25, 0.3) is 0 Å². The maximum absolute atomic E-state index is 4.49. The molecule has 3 heterocycles. The van der Waals surface area contributed by atoms with Gasteiger partial charge in [0.15, 0.2) is 0 Å². The Kier molecular flexibility index (Phi) is 3.20. The second-order valence-electron chi connectivity index (χ2n) is 5.24. The Morgan fingerprint density at radius 1 is 0.864 bits per heavy atom. The van der Waals surface area contributed by atoms with Crippen molar-refractivity contribution in [3.05, 3.63) is 72.0 Å². The number of pyridine rings is 2. The van der Waals surface area contributed by atoms with Gasteiger partial charge in [0.1, 0.15) is 0 Å². The molecule has 2 nitrogen and oxygen atoms in total. The molecule has 3 heteroatoms. The molecular weight excluding hydrogens is 288 g/mol. The monoisotopic (exact) mass is 302 g/mol. The van der Waals surface area contributed by atoms with Gasteiger partial charge in [-0.25, -0.2) is 0 Å². The van der Waals surface area contributed by atoms with Crippen molar-refractivity contribution in [2.24, 2.45) is 0 Å². The highest BCUT2D eigenvalue weighted by Crippen LogP contribution is 2.39. The molecule has 0 radical (unpaired) electrons. The molecule has 0 atom stereocenters. The summed E-state index contributed by atoms with van der Waals surface area (Å²) >= 11 is 1.77.